The van der Waals surface area contributed by atoms with Crippen molar-refractivity contribution in [3.63, 3.8) is 0 Å². The lowest BCUT2D eigenvalue weighted by Gasteiger charge is -2.15. The summed E-state index contributed by atoms with van der Waals surface area (Å²) < 4.78 is 15.6. The maximum atomic E-state index is 12.2. The first-order valence-electron chi connectivity index (χ1n) is 8.91. The Kier molecular flexibility index (Phi) is 7.76. The van der Waals surface area contributed by atoms with Gasteiger partial charge in [-0.15, -0.1) is 0 Å². The van der Waals surface area contributed by atoms with Gasteiger partial charge in [0.25, 0.3) is 5.91 Å². The van der Waals surface area contributed by atoms with Crippen LogP contribution in [0.15, 0.2) is 42.5 Å². The van der Waals surface area contributed by atoms with Crippen molar-refractivity contribution in [1.82, 2.24) is 0 Å². The molecule has 0 saturated heterocycles. The van der Waals surface area contributed by atoms with Crippen LogP contribution < -0.4 is 20.1 Å². The van der Waals surface area contributed by atoms with E-state index in [0.717, 1.165) is 0 Å². The molecule has 2 rings (SSSR count). The third kappa shape index (κ3) is 6.53. The Hall–Kier alpha value is -4.06. The fraction of sp³-hybridized carbons (Fsp3) is 0.238. The van der Waals surface area contributed by atoms with Gasteiger partial charge in [-0.3, -0.25) is 9.59 Å². The van der Waals surface area contributed by atoms with Crippen molar-refractivity contribution in [2.24, 2.45) is 0 Å². The number of ether oxygens (including phenoxy) is 3. The summed E-state index contributed by atoms with van der Waals surface area (Å²) in [6.07, 6.45) is -0.955. The number of benzene rings is 2. The molecule has 0 aliphatic rings. The standard InChI is InChI=1S/C21H21N3O6/c1-13(30-17-7-4-15(11-22)5-8-17)21(27)29-12-20(26)24-18-10-16(23-14(2)25)6-9-19(18)28-3/h4-10,13H,12H2,1-3H3,(H,23,25)(H,24,26)/t13-/m0/s1. The van der Waals surface area contributed by atoms with E-state index >= 15 is 0 Å². The molecule has 0 bridgehead atoms. The molecule has 0 saturated carbocycles. The molecule has 0 aliphatic carbocycles. The zero-order chi connectivity index (χ0) is 22.1. The molecule has 9 nitrogen and oxygen atoms in total. The highest BCUT2D eigenvalue weighted by Gasteiger charge is 2.18. The Morgan fingerprint density at radius 1 is 1.10 bits per heavy atom. The highest BCUT2D eigenvalue weighted by atomic mass is 16.6. The first-order chi connectivity index (χ1) is 14.3. The van der Waals surface area contributed by atoms with Crippen LogP contribution in [0.3, 0.4) is 0 Å². The highest BCUT2D eigenvalue weighted by molar-refractivity contribution is 5.96. The van der Waals surface area contributed by atoms with Gasteiger partial charge in [-0.05, 0) is 49.4 Å². The molecule has 2 aromatic rings. The smallest absolute Gasteiger partial charge is 0.347 e. The molecule has 0 fully saturated rings. The zero-order valence-electron chi connectivity index (χ0n) is 16.7. The van der Waals surface area contributed by atoms with E-state index in [1.165, 1.54) is 27.0 Å². The minimum atomic E-state index is -0.955. The fourth-order valence-electron chi connectivity index (χ4n) is 2.39. The summed E-state index contributed by atoms with van der Waals surface area (Å²) in [6, 6.07) is 12.9. The number of nitrogens with zero attached hydrogens (tertiary/aromatic N) is 1. The van der Waals surface area contributed by atoms with Crippen LogP contribution in [-0.2, 0) is 19.1 Å². The van der Waals surface area contributed by atoms with Crippen LogP contribution >= 0.6 is 0 Å². The van der Waals surface area contributed by atoms with Crippen LogP contribution in [0.5, 0.6) is 11.5 Å². The number of carbonyl (C=O) groups is 3. The van der Waals surface area contributed by atoms with Gasteiger partial charge >= 0.3 is 5.97 Å². The average molecular weight is 411 g/mol. The van der Waals surface area contributed by atoms with E-state index in [4.69, 9.17) is 19.5 Å². The maximum absolute atomic E-state index is 12.2. The summed E-state index contributed by atoms with van der Waals surface area (Å²) >= 11 is 0. The summed E-state index contributed by atoms with van der Waals surface area (Å²) in [7, 11) is 1.44. The highest BCUT2D eigenvalue weighted by Crippen LogP contribution is 2.27. The Bertz CT molecular complexity index is 966. The molecular weight excluding hydrogens is 390 g/mol. The summed E-state index contributed by atoms with van der Waals surface area (Å²) in [4.78, 5) is 35.4. The molecule has 0 heterocycles. The predicted octanol–water partition coefficient (Wildman–Crippen LogP) is 2.47. The molecule has 2 N–H and O–H groups in total. The van der Waals surface area contributed by atoms with Gasteiger partial charge in [-0.1, -0.05) is 0 Å². The molecule has 0 unspecified atom stereocenters. The lowest BCUT2D eigenvalue weighted by Crippen LogP contribution is -2.29. The third-order valence-electron chi connectivity index (χ3n) is 3.77. The van der Waals surface area contributed by atoms with Crippen molar-refractivity contribution in [2.45, 2.75) is 20.0 Å². The molecule has 0 radical (unpaired) electrons. The number of methoxy groups -OCH3 is 1. The van der Waals surface area contributed by atoms with E-state index in [1.807, 2.05) is 6.07 Å². The molecule has 9 heteroatoms. The number of anilines is 2. The predicted molar refractivity (Wildman–Crippen MR) is 108 cm³/mol. The van der Waals surface area contributed by atoms with Crippen LogP contribution in [-0.4, -0.2) is 37.6 Å². The largest absolute Gasteiger partial charge is 0.495 e. The number of nitrogens with one attached hydrogen (secondary N) is 2. The summed E-state index contributed by atoms with van der Waals surface area (Å²) in [6.45, 7) is 2.31. The Morgan fingerprint density at radius 3 is 2.40 bits per heavy atom. The number of nitriles is 1. The summed E-state index contributed by atoms with van der Waals surface area (Å²) in [5.74, 6) is -0.813. The summed E-state index contributed by atoms with van der Waals surface area (Å²) in [5.41, 5.74) is 1.25. The monoisotopic (exact) mass is 411 g/mol. The first kappa shape index (κ1) is 22.2. The van der Waals surface area contributed by atoms with E-state index in [2.05, 4.69) is 10.6 Å². The Labute approximate surface area is 173 Å². The fourth-order valence-corrected chi connectivity index (χ4v) is 2.39. The molecule has 156 valence electrons. The molecule has 0 aliphatic heterocycles. The van der Waals surface area contributed by atoms with E-state index < -0.39 is 24.6 Å². The molecule has 30 heavy (non-hydrogen) atoms. The number of amides is 2. The van der Waals surface area contributed by atoms with Gasteiger partial charge in [0.2, 0.25) is 5.91 Å². The van der Waals surface area contributed by atoms with Crippen LogP contribution in [0.25, 0.3) is 0 Å². The van der Waals surface area contributed by atoms with E-state index in [9.17, 15) is 14.4 Å². The van der Waals surface area contributed by atoms with Gasteiger partial charge in [0.05, 0.1) is 24.4 Å². The number of rotatable bonds is 8. The van der Waals surface area contributed by atoms with Gasteiger partial charge in [0, 0.05) is 12.6 Å². The molecule has 1 atom stereocenters. The van der Waals surface area contributed by atoms with Crippen molar-refractivity contribution in [1.29, 1.82) is 5.26 Å². The van der Waals surface area contributed by atoms with Crippen LogP contribution in [0.2, 0.25) is 0 Å². The van der Waals surface area contributed by atoms with Gasteiger partial charge in [0.1, 0.15) is 11.5 Å². The minimum absolute atomic E-state index is 0.261. The van der Waals surface area contributed by atoms with Crippen LogP contribution in [0, 0.1) is 11.3 Å². The molecule has 0 spiro atoms. The van der Waals surface area contributed by atoms with Crippen molar-refractivity contribution in [3.05, 3.63) is 48.0 Å². The normalized spacial score (nSPS) is 10.9. The summed E-state index contributed by atoms with van der Waals surface area (Å²) in [5, 5.41) is 14.0. The number of carbonyl (C=O) groups excluding carboxylic acids is 3. The lowest BCUT2D eigenvalue weighted by atomic mass is 10.2. The number of esters is 1. The van der Waals surface area contributed by atoms with Gasteiger partial charge in [-0.25, -0.2) is 4.79 Å². The van der Waals surface area contributed by atoms with Gasteiger partial charge in [-0.2, -0.15) is 5.26 Å². The maximum Gasteiger partial charge on any atom is 0.347 e. The van der Waals surface area contributed by atoms with Gasteiger partial charge in [0.15, 0.2) is 12.7 Å². The third-order valence-corrected chi connectivity index (χ3v) is 3.77. The van der Waals surface area contributed by atoms with Gasteiger partial charge < -0.3 is 24.8 Å². The van der Waals surface area contributed by atoms with Crippen molar-refractivity contribution >= 4 is 29.2 Å². The zero-order valence-corrected chi connectivity index (χ0v) is 16.7. The molecule has 0 aromatic heterocycles. The second kappa shape index (κ2) is 10.5. The number of hydrogen-bond acceptors (Lipinski definition) is 7. The molecular formula is C21H21N3O6. The van der Waals surface area contributed by atoms with E-state index in [-0.39, 0.29) is 5.91 Å². The topological polar surface area (TPSA) is 127 Å². The van der Waals surface area contributed by atoms with Crippen molar-refractivity contribution in [2.75, 3.05) is 24.4 Å². The van der Waals surface area contributed by atoms with Crippen LogP contribution in [0.1, 0.15) is 19.4 Å². The second-order valence-electron chi connectivity index (χ2n) is 6.15. The lowest BCUT2D eigenvalue weighted by molar-refractivity contribution is -0.153. The second-order valence-corrected chi connectivity index (χ2v) is 6.15. The van der Waals surface area contributed by atoms with E-state index in [0.29, 0.717) is 28.4 Å². The molecule has 2 amide bonds. The minimum Gasteiger partial charge on any atom is -0.495 e. The van der Waals surface area contributed by atoms with E-state index in [1.54, 1.807) is 36.4 Å². The van der Waals surface area contributed by atoms with Crippen molar-refractivity contribution < 1.29 is 28.6 Å². The quantitative estimate of drug-likeness (QED) is 0.639. The first-order valence-corrected chi connectivity index (χ1v) is 8.91. The Morgan fingerprint density at radius 2 is 1.80 bits per heavy atom. The average Bonchev–Trinajstić information content (AvgIpc) is 2.72. The molecule has 2 aromatic carbocycles. The number of hydrogen-bond donors (Lipinski definition) is 2. The SMILES string of the molecule is COc1ccc(NC(C)=O)cc1NC(=O)COC(=O)[C@H](C)Oc1ccc(C#N)cc1. The van der Waals surface area contributed by atoms with Crippen molar-refractivity contribution in [3.8, 4) is 17.6 Å². The Balaban J connectivity index is 1.90. The van der Waals surface area contributed by atoms with Crippen LogP contribution in [0.4, 0.5) is 11.4 Å².